The van der Waals surface area contributed by atoms with E-state index in [2.05, 4.69) is 21.2 Å². The number of rotatable bonds is 5. The fourth-order valence-electron chi connectivity index (χ4n) is 1.55. The van der Waals surface area contributed by atoms with Gasteiger partial charge in [0.25, 0.3) is 0 Å². The van der Waals surface area contributed by atoms with Gasteiger partial charge in [0.05, 0.1) is 6.04 Å². The summed E-state index contributed by atoms with van der Waals surface area (Å²) in [5, 5.41) is 3.82. The SMILES string of the molecule is CC(C)C(NCc1ccc(Cl)cc1Br)C(N)=O. The molecule has 0 aliphatic carbocycles. The van der Waals surface area contributed by atoms with Crippen molar-refractivity contribution in [3.63, 3.8) is 0 Å². The highest BCUT2D eigenvalue weighted by Crippen LogP contribution is 2.21. The van der Waals surface area contributed by atoms with Gasteiger partial charge in [-0.3, -0.25) is 4.79 Å². The second-order valence-corrected chi connectivity index (χ2v) is 5.53. The molecule has 0 fully saturated rings. The van der Waals surface area contributed by atoms with Crippen LogP contribution in [-0.2, 0) is 11.3 Å². The summed E-state index contributed by atoms with van der Waals surface area (Å²) >= 11 is 9.29. The quantitative estimate of drug-likeness (QED) is 0.877. The van der Waals surface area contributed by atoms with Gasteiger partial charge in [-0.25, -0.2) is 0 Å². The van der Waals surface area contributed by atoms with Gasteiger partial charge >= 0.3 is 0 Å². The molecule has 0 spiro atoms. The summed E-state index contributed by atoms with van der Waals surface area (Å²) in [5.41, 5.74) is 6.37. The number of carbonyl (C=O) groups is 1. The monoisotopic (exact) mass is 318 g/mol. The normalized spacial score (nSPS) is 12.8. The van der Waals surface area contributed by atoms with E-state index >= 15 is 0 Å². The van der Waals surface area contributed by atoms with Gasteiger partial charge in [0, 0.05) is 16.0 Å². The van der Waals surface area contributed by atoms with Crippen LogP contribution in [0, 0.1) is 5.92 Å². The van der Waals surface area contributed by atoms with Crippen LogP contribution in [0.15, 0.2) is 22.7 Å². The van der Waals surface area contributed by atoms with Crippen LogP contribution in [-0.4, -0.2) is 11.9 Å². The lowest BCUT2D eigenvalue weighted by atomic mass is 10.0. The third kappa shape index (κ3) is 4.30. The highest BCUT2D eigenvalue weighted by Gasteiger charge is 2.18. The van der Waals surface area contributed by atoms with Crippen molar-refractivity contribution in [2.45, 2.75) is 26.4 Å². The van der Waals surface area contributed by atoms with E-state index in [1.807, 2.05) is 32.0 Å². The number of amides is 1. The number of halogens is 2. The molecule has 0 saturated carbocycles. The fourth-order valence-corrected chi connectivity index (χ4v) is 2.37. The minimum Gasteiger partial charge on any atom is -0.368 e. The van der Waals surface area contributed by atoms with E-state index in [1.54, 1.807) is 0 Å². The highest BCUT2D eigenvalue weighted by molar-refractivity contribution is 9.10. The lowest BCUT2D eigenvalue weighted by Crippen LogP contribution is -2.44. The number of hydrogen-bond acceptors (Lipinski definition) is 2. The number of benzene rings is 1. The topological polar surface area (TPSA) is 55.1 Å². The smallest absolute Gasteiger partial charge is 0.234 e. The molecule has 3 nitrogen and oxygen atoms in total. The van der Waals surface area contributed by atoms with Gasteiger partial charge in [-0.15, -0.1) is 0 Å². The Labute approximate surface area is 115 Å². The fraction of sp³-hybridized carbons (Fsp3) is 0.417. The average molecular weight is 320 g/mol. The van der Waals surface area contributed by atoms with Crippen LogP contribution in [0.3, 0.4) is 0 Å². The van der Waals surface area contributed by atoms with E-state index < -0.39 is 0 Å². The summed E-state index contributed by atoms with van der Waals surface area (Å²) in [6.45, 7) is 4.49. The zero-order valence-corrected chi connectivity index (χ0v) is 12.2. The summed E-state index contributed by atoms with van der Waals surface area (Å²) in [6, 6.07) is 5.24. The molecule has 1 unspecified atom stereocenters. The maximum atomic E-state index is 11.2. The molecule has 0 bridgehead atoms. The molecule has 1 rings (SSSR count). The molecule has 1 amide bonds. The predicted molar refractivity (Wildman–Crippen MR) is 73.8 cm³/mol. The van der Waals surface area contributed by atoms with Crippen molar-refractivity contribution in [2.75, 3.05) is 0 Å². The number of primary amides is 1. The molecule has 0 aliphatic rings. The van der Waals surface area contributed by atoms with Gasteiger partial charge in [-0.1, -0.05) is 47.4 Å². The molecule has 0 saturated heterocycles. The summed E-state index contributed by atoms with van der Waals surface area (Å²) in [5.74, 6) is -0.163. The molecule has 17 heavy (non-hydrogen) atoms. The third-order valence-corrected chi connectivity index (χ3v) is 3.47. The van der Waals surface area contributed by atoms with E-state index in [1.165, 1.54) is 0 Å². The Hall–Kier alpha value is -0.580. The Morgan fingerprint density at radius 2 is 2.18 bits per heavy atom. The molecule has 0 aromatic heterocycles. The molecule has 0 aliphatic heterocycles. The van der Waals surface area contributed by atoms with Crippen LogP contribution >= 0.6 is 27.5 Å². The lowest BCUT2D eigenvalue weighted by molar-refractivity contribution is -0.121. The van der Waals surface area contributed by atoms with Gasteiger partial charge in [0.2, 0.25) is 5.91 Å². The van der Waals surface area contributed by atoms with Crippen molar-refractivity contribution in [1.82, 2.24) is 5.32 Å². The summed E-state index contributed by atoms with van der Waals surface area (Å²) in [7, 11) is 0. The first-order chi connectivity index (χ1) is 7.91. The van der Waals surface area contributed by atoms with Crippen molar-refractivity contribution in [3.8, 4) is 0 Å². The molecule has 1 atom stereocenters. The van der Waals surface area contributed by atoms with E-state index in [0.717, 1.165) is 10.0 Å². The summed E-state index contributed by atoms with van der Waals surface area (Å²) < 4.78 is 0.921. The second-order valence-electron chi connectivity index (χ2n) is 4.24. The number of carbonyl (C=O) groups excluding carboxylic acids is 1. The average Bonchev–Trinajstić information content (AvgIpc) is 2.20. The molecule has 5 heteroatoms. The minimum absolute atomic E-state index is 0.165. The Morgan fingerprint density at radius 1 is 1.53 bits per heavy atom. The van der Waals surface area contributed by atoms with Crippen LogP contribution in [0.25, 0.3) is 0 Å². The first-order valence-electron chi connectivity index (χ1n) is 5.38. The zero-order chi connectivity index (χ0) is 13.0. The predicted octanol–water partition coefficient (Wildman–Crippen LogP) is 2.70. The molecule has 94 valence electrons. The van der Waals surface area contributed by atoms with Crippen molar-refractivity contribution in [1.29, 1.82) is 0 Å². The van der Waals surface area contributed by atoms with Crippen molar-refractivity contribution >= 4 is 33.4 Å². The minimum atomic E-state index is -0.329. The van der Waals surface area contributed by atoms with E-state index in [0.29, 0.717) is 11.6 Å². The highest BCUT2D eigenvalue weighted by atomic mass is 79.9. The van der Waals surface area contributed by atoms with Crippen molar-refractivity contribution in [3.05, 3.63) is 33.3 Å². The largest absolute Gasteiger partial charge is 0.368 e. The van der Waals surface area contributed by atoms with Crippen LogP contribution in [0.2, 0.25) is 5.02 Å². The molecular formula is C12H16BrClN2O. The van der Waals surface area contributed by atoms with E-state index in [9.17, 15) is 4.79 Å². The molecule has 0 radical (unpaired) electrons. The Kier molecular flexibility index (Phi) is 5.43. The second kappa shape index (κ2) is 6.38. The molecule has 1 aromatic carbocycles. The third-order valence-electron chi connectivity index (χ3n) is 2.50. The van der Waals surface area contributed by atoms with Gasteiger partial charge in [-0.2, -0.15) is 0 Å². The maximum absolute atomic E-state index is 11.2. The van der Waals surface area contributed by atoms with E-state index in [4.69, 9.17) is 17.3 Å². The Balaban J connectivity index is 2.69. The molecule has 1 aromatic rings. The van der Waals surface area contributed by atoms with Gasteiger partial charge < -0.3 is 11.1 Å². The maximum Gasteiger partial charge on any atom is 0.234 e. The van der Waals surface area contributed by atoms with Gasteiger partial charge in [-0.05, 0) is 23.6 Å². The van der Waals surface area contributed by atoms with Crippen molar-refractivity contribution < 1.29 is 4.79 Å². The molecular weight excluding hydrogens is 304 g/mol. The van der Waals surface area contributed by atoms with Gasteiger partial charge in [0.15, 0.2) is 0 Å². The molecule has 3 N–H and O–H groups in total. The summed E-state index contributed by atoms with van der Waals surface area (Å²) in [4.78, 5) is 11.2. The first kappa shape index (κ1) is 14.5. The van der Waals surface area contributed by atoms with Crippen LogP contribution < -0.4 is 11.1 Å². The van der Waals surface area contributed by atoms with E-state index in [-0.39, 0.29) is 17.9 Å². The first-order valence-corrected chi connectivity index (χ1v) is 6.55. The number of nitrogens with two attached hydrogens (primary N) is 1. The summed E-state index contributed by atoms with van der Waals surface area (Å²) in [6.07, 6.45) is 0. The van der Waals surface area contributed by atoms with Gasteiger partial charge in [0.1, 0.15) is 0 Å². The standard InChI is InChI=1S/C12H16BrClN2O/c1-7(2)11(12(15)17)16-6-8-3-4-9(14)5-10(8)13/h3-5,7,11,16H,6H2,1-2H3,(H2,15,17). The number of hydrogen-bond donors (Lipinski definition) is 2. The number of nitrogens with one attached hydrogen (secondary N) is 1. The Bertz CT molecular complexity index is 409. The zero-order valence-electron chi connectivity index (χ0n) is 9.84. The van der Waals surface area contributed by atoms with Crippen LogP contribution in [0.1, 0.15) is 19.4 Å². The Morgan fingerprint density at radius 3 is 2.65 bits per heavy atom. The van der Waals surface area contributed by atoms with Crippen LogP contribution in [0.5, 0.6) is 0 Å². The van der Waals surface area contributed by atoms with Crippen LogP contribution in [0.4, 0.5) is 0 Å². The molecule has 0 heterocycles. The van der Waals surface area contributed by atoms with Crippen molar-refractivity contribution in [2.24, 2.45) is 11.7 Å². The lowest BCUT2D eigenvalue weighted by Gasteiger charge is -2.19.